The summed E-state index contributed by atoms with van der Waals surface area (Å²) in [7, 11) is -2.83. The van der Waals surface area contributed by atoms with Gasteiger partial charge in [0.15, 0.2) is 0 Å². The van der Waals surface area contributed by atoms with E-state index in [4.69, 9.17) is 10.0 Å². The van der Waals surface area contributed by atoms with Gasteiger partial charge in [-0.25, -0.2) is 0 Å². The Balaban J connectivity index is 3.20. The van der Waals surface area contributed by atoms with E-state index in [9.17, 15) is 4.21 Å². The molecule has 0 amide bonds. The van der Waals surface area contributed by atoms with Crippen LogP contribution in [-0.2, 0) is 10.8 Å². The predicted molar refractivity (Wildman–Crippen MR) is 62.4 cm³/mol. The highest BCUT2D eigenvalue weighted by atomic mass is 32.2. The van der Waals surface area contributed by atoms with E-state index >= 15 is 0 Å². The molecule has 0 spiro atoms. The zero-order valence-electron chi connectivity index (χ0n) is 9.10. The first-order valence-electron chi connectivity index (χ1n) is 4.71. The fourth-order valence-corrected chi connectivity index (χ4v) is 2.44. The molecule has 1 atom stereocenters. The van der Waals surface area contributed by atoms with Crippen LogP contribution in [0.15, 0.2) is 29.2 Å². The first-order chi connectivity index (χ1) is 6.84. The number of hydrogen-bond donors (Lipinski definition) is 2. The summed E-state index contributed by atoms with van der Waals surface area (Å²) >= 11 is 0. The number of hydrogen-bond acceptors (Lipinski definition) is 3. The Labute approximate surface area is 92.7 Å². The third-order valence-corrected chi connectivity index (χ3v) is 3.84. The molecule has 0 aromatic heterocycles. The summed E-state index contributed by atoms with van der Waals surface area (Å²) < 4.78 is 11.7. The summed E-state index contributed by atoms with van der Waals surface area (Å²) in [6.45, 7) is 5.55. The molecule has 82 valence electrons. The van der Waals surface area contributed by atoms with Crippen molar-refractivity contribution in [3.8, 4) is 0 Å². The maximum atomic E-state index is 12.1. The van der Waals surface area contributed by atoms with Crippen molar-refractivity contribution in [3.63, 3.8) is 0 Å². The van der Waals surface area contributed by atoms with Crippen molar-refractivity contribution >= 4 is 23.4 Å². The fourth-order valence-electron chi connectivity index (χ4n) is 1.19. The van der Waals surface area contributed by atoms with Gasteiger partial charge in [-0.15, -0.1) is 0 Å². The maximum Gasteiger partial charge on any atom is 0.489 e. The molecule has 0 saturated carbocycles. The fraction of sp³-hybridized carbons (Fsp3) is 0.400. The lowest BCUT2D eigenvalue weighted by Crippen LogP contribution is -2.36. The summed E-state index contributed by atoms with van der Waals surface area (Å²) in [5, 5.41) is 18.3. The van der Waals surface area contributed by atoms with Crippen LogP contribution in [0.2, 0.25) is 0 Å². The molecule has 0 aliphatic carbocycles. The lowest BCUT2D eigenvalue weighted by molar-refractivity contribution is 0.424. The molecule has 0 bridgehead atoms. The number of rotatable bonds is 2. The molecule has 5 heteroatoms. The lowest BCUT2D eigenvalue weighted by atomic mass is 9.80. The summed E-state index contributed by atoms with van der Waals surface area (Å²) in [4.78, 5) is 0.486. The molecule has 0 aliphatic rings. The Morgan fingerprint density at radius 1 is 1.20 bits per heavy atom. The highest BCUT2D eigenvalue weighted by Crippen LogP contribution is 2.18. The molecular formula is C10H15BO3S. The molecule has 0 fully saturated rings. The van der Waals surface area contributed by atoms with Gasteiger partial charge in [0.05, 0.1) is 10.8 Å². The highest BCUT2D eigenvalue weighted by molar-refractivity contribution is 7.86. The minimum Gasteiger partial charge on any atom is -0.423 e. The van der Waals surface area contributed by atoms with Crippen LogP contribution in [0.5, 0.6) is 0 Å². The topological polar surface area (TPSA) is 57.5 Å². The van der Waals surface area contributed by atoms with Crippen LogP contribution in [0.4, 0.5) is 0 Å². The van der Waals surface area contributed by atoms with Crippen molar-refractivity contribution in [1.82, 2.24) is 0 Å². The Morgan fingerprint density at radius 3 is 2.20 bits per heavy atom. The molecule has 2 N–H and O–H groups in total. The van der Waals surface area contributed by atoms with Crippen molar-refractivity contribution in [2.45, 2.75) is 30.4 Å². The van der Waals surface area contributed by atoms with E-state index in [2.05, 4.69) is 0 Å². The monoisotopic (exact) mass is 226 g/mol. The van der Waals surface area contributed by atoms with Crippen molar-refractivity contribution in [1.29, 1.82) is 0 Å². The second kappa shape index (κ2) is 4.47. The number of benzene rings is 1. The van der Waals surface area contributed by atoms with E-state index in [1.807, 2.05) is 20.8 Å². The highest BCUT2D eigenvalue weighted by Gasteiger charge is 2.26. The van der Waals surface area contributed by atoms with Crippen molar-refractivity contribution in [2.75, 3.05) is 0 Å². The van der Waals surface area contributed by atoms with Gasteiger partial charge in [0.2, 0.25) is 0 Å². The summed E-state index contributed by atoms with van der Waals surface area (Å²) in [6, 6.07) is 6.67. The van der Waals surface area contributed by atoms with Crippen LogP contribution >= 0.6 is 0 Å². The van der Waals surface area contributed by atoms with Crippen LogP contribution in [0.25, 0.3) is 0 Å². The smallest absolute Gasteiger partial charge is 0.423 e. The molecule has 1 aromatic carbocycles. The standard InChI is InChI=1S/C10H15BO3S/c1-10(2,3)15(14)9-7-5-4-6-8(9)11(12)13/h4-7,12-13H,1-3H3. The van der Waals surface area contributed by atoms with E-state index in [-0.39, 0.29) is 0 Å². The van der Waals surface area contributed by atoms with Gasteiger partial charge in [-0.1, -0.05) is 18.2 Å². The van der Waals surface area contributed by atoms with Gasteiger partial charge in [-0.2, -0.15) is 0 Å². The van der Waals surface area contributed by atoms with E-state index < -0.39 is 22.7 Å². The molecular weight excluding hydrogens is 211 g/mol. The van der Waals surface area contributed by atoms with Gasteiger partial charge in [0, 0.05) is 9.64 Å². The Morgan fingerprint density at radius 2 is 1.73 bits per heavy atom. The normalized spacial score (nSPS) is 13.7. The molecule has 1 aromatic rings. The van der Waals surface area contributed by atoms with Crippen LogP contribution in [0, 0.1) is 0 Å². The van der Waals surface area contributed by atoms with Crippen LogP contribution in [0.3, 0.4) is 0 Å². The largest absolute Gasteiger partial charge is 0.489 e. The van der Waals surface area contributed by atoms with E-state index in [1.165, 1.54) is 0 Å². The second-order valence-corrected chi connectivity index (χ2v) is 6.49. The van der Waals surface area contributed by atoms with E-state index in [0.717, 1.165) is 0 Å². The minimum absolute atomic E-state index is 0.311. The van der Waals surface area contributed by atoms with Crippen molar-refractivity contribution < 1.29 is 14.3 Å². The molecule has 0 aliphatic heterocycles. The van der Waals surface area contributed by atoms with Crippen LogP contribution in [-0.4, -0.2) is 26.1 Å². The Hall–Kier alpha value is -0.645. The Kier molecular flexibility index (Phi) is 3.70. The average Bonchev–Trinajstić information content (AvgIpc) is 2.15. The first kappa shape index (κ1) is 12.4. The van der Waals surface area contributed by atoms with Crippen molar-refractivity contribution in [3.05, 3.63) is 24.3 Å². The summed E-state index contributed by atoms with van der Waals surface area (Å²) in [5.74, 6) is 0. The average molecular weight is 226 g/mol. The summed E-state index contributed by atoms with van der Waals surface area (Å²) in [5.41, 5.74) is 0.311. The SMILES string of the molecule is CC(C)(C)S(=O)c1ccccc1B(O)O. The maximum absolute atomic E-state index is 12.1. The molecule has 0 saturated heterocycles. The van der Waals surface area contributed by atoms with Crippen molar-refractivity contribution in [2.24, 2.45) is 0 Å². The third-order valence-electron chi connectivity index (χ3n) is 1.95. The molecule has 3 nitrogen and oxygen atoms in total. The lowest BCUT2D eigenvalue weighted by Gasteiger charge is -2.19. The summed E-state index contributed by atoms with van der Waals surface area (Å²) in [6.07, 6.45) is 0. The second-order valence-electron chi connectivity index (χ2n) is 4.29. The van der Waals surface area contributed by atoms with Gasteiger partial charge in [-0.3, -0.25) is 4.21 Å². The van der Waals surface area contributed by atoms with E-state index in [0.29, 0.717) is 10.4 Å². The molecule has 0 radical (unpaired) electrons. The zero-order valence-corrected chi connectivity index (χ0v) is 9.91. The van der Waals surface area contributed by atoms with Gasteiger partial charge in [0.1, 0.15) is 0 Å². The van der Waals surface area contributed by atoms with Gasteiger partial charge in [-0.05, 0) is 32.3 Å². The van der Waals surface area contributed by atoms with E-state index in [1.54, 1.807) is 24.3 Å². The molecule has 0 heterocycles. The molecule has 1 unspecified atom stereocenters. The molecule has 15 heavy (non-hydrogen) atoms. The van der Waals surface area contributed by atoms with Gasteiger partial charge in [0.25, 0.3) is 0 Å². The zero-order chi connectivity index (χ0) is 11.6. The molecule has 1 rings (SSSR count). The first-order valence-corrected chi connectivity index (χ1v) is 5.86. The Bertz CT molecular complexity index is 371. The quantitative estimate of drug-likeness (QED) is 0.712. The van der Waals surface area contributed by atoms with Crippen LogP contribution in [0.1, 0.15) is 20.8 Å². The minimum atomic E-state index is -1.58. The van der Waals surface area contributed by atoms with Gasteiger partial charge >= 0.3 is 7.12 Å². The van der Waals surface area contributed by atoms with Gasteiger partial charge < -0.3 is 10.0 Å². The van der Waals surface area contributed by atoms with Crippen LogP contribution < -0.4 is 5.46 Å². The predicted octanol–water partition coefficient (Wildman–Crippen LogP) is 0.273. The third kappa shape index (κ3) is 2.90.